The van der Waals surface area contributed by atoms with Gasteiger partial charge < -0.3 is 9.26 Å². The minimum absolute atomic E-state index is 0.771. The number of aryl methyl sites for hydroxylation is 1. The molecule has 0 aliphatic carbocycles. The SMILES string of the molecule is [CH2]OCCCCCCc1cnoc1. The zero-order valence-electron chi connectivity index (χ0n) is 7.87. The summed E-state index contributed by atoms with van der Waals surface area (Å²) < 4.78 is 9.45. The maximum atomic E-state index is 4.73. The smallest absolute Gasteiger partial charge is 0.126 e. The second-order valence-corrected chi connectivity index (χ2v) is 3.11. The first-order valence-corrected chi connectivity index (χ1v) is 4.68. The molecular formula is C10H16NO2. The molecule has 0 saturated carbocycles. The van der Waals surface area contributed by atoms with E-state index in [0.29, 0.717) is 0 Å². The summed E-state index contributed by atoms with van der Waals surface area (Å²) in [6.45, 7) is 0.771. The quantitative estimate of drug-likeness (QED) is 0.608. The Hall–Kier alpha value is -0.830. The lowest BCUT2D eigenvalue weighted by Crippen LogP contribution is -1.88. The van der Waals surface area contributed by atoms with E-state index in [2.05, 4.69) is 12.3 Å². The largest absolute Gasteiger partial charge is 0.379 e. The lowest BCUT2D eigenvalue weighted by Gasteiger charge is -1.98. The van der Waals surface area contributed by atoms with Gasteiger partial charge in [-0.2, -0.15) is 0 Å². The van der Waals surface area contributed by atoms with Crippen LogP contribution in [0.15, 0.2) is 17.0 Å². The summed E-state index contributed by atoms with van der Waals surface area (Å²) in [5.41, 5.74) is 1.19. The molecule has 0 bridgehead atoms. The molecule has 0 atom stereocenters. The summed E-state index contributed by atoms with van der Waals surface area (Å²) >= 11 is 0. The predicted octanol–water partition coefficient (Wildman–Crippen LogP) is 2.59. The molecule has 0 fully saturated rings. The number of hydrogen-bond acceptors (Lipinski definition) is 3. The van der Waals surface area contributed by atoms with Crippen molar-refractivity contribution in [1.29, 1.82) is 0 Å². The minimum atomic E-state index is 0.771. The maximum absolute atomic E-state index is 4.73. The van der Waals surface area contributed by atoms with Crippen LogP contribution in [0.5, 0.6) is 0 Å². The van der Waals surface area contributed by atoms with Crippen LogP contribution in [0.1, 0.15) is 31.2 Å². The molecule has 1 aromatic heterocycles. The highest BCUT2D eigenvalue weighted by Gasteiger charge is 1.95. The van der Waals surface area contributed by atoms with E-state index in [-0.39, 0.29) is 0 Å². The second-order valence-electron chi connectivity index (χ2n) is 3.11. The molecule has 13 heavy (non-hydrogen) atoms. The summed E-state index contributed by atoms with van der Waals surface area (Å²) in [6.07, 6.45) is 9.29. The first-order chi connectivity index (χ1) is 6.43. The van der Waals surface area contributed by atoms with Crippen LogP contribution in [-0.2, 0) is 11.2 Å². The van der Waals surface area contributed by atoms with Gasteiger partial charge in [-0.15, -0.1) is 0 Å². The number of ether oxygens (including phenoxy) is 1. The minimum Gasteiger partial charge on any atom is -0.379 e. The Bertz CT molecular complexity index is 197. The molecule has 0 aliphatic rings. The van der Waals surface area contributed by atoms with Crippen molar-refractivity contribution in [3.8, 4) is 0 Å². The lowest BCUT2D eigenvalue weighted by atomic mass is 10.1. The molecule has 3 nitrogen and oxygen atoms in total. The van der Waals surface area contributed by atoms with Gasteiger partial charge in [0.05, 0.1) is 13.3 Å². The molecule has 1 rings (SSSR count). The monoisotopic (exact) mass is 182 g/mol. The van der Waals surface area contributed by atoms with Crippen LogP contribution < -0.4 is 0 Å². The Morgan fingerprint density at radius 3 is 2.85 bits per heavy atom. The molecule has 0 saturated heterocycles. The fourth-order valence-electron chi connectivity index (χ4n) is 1.24. The van der Waals surface area contributed by atoms with E-state index in [4.69, 9.17) is 9.26 Å². The summed E-state index contributed by atoms with van der Waals surface area (Å²) in [5.74, 6) is 0. The van der Waals surface area contributed by atoms with Crippen molar-refractivity contribution >= 4 is 0 Å². The number of nitrogens with zero attached hydrogens (tertiary/aromatic N) is 1. The van der Waals surface area contributed by atoms with Crippen molar-refractivity contribution in [3.63, 3.8) is 0 Å². The molecule has 0 aliphatic heterocycles. The van der Waals surface area contributed by atoms with E-state index < -0.39 is 0 Å². The molecule has 3 heteroatoms. The van der Waals surface area contributed by atoms with Crippen LogP contribution in [0.2, 0.25) is 0 Å². The molecule has 0 spiro atoms. The number of unbranched alkanes of at least 4 members (excludes halogenated alkanes) is 3. The molecule has 1 heterocycles. The Morgan fingerprint density at radius 2 is 2.15 bits per heavy atom. The zero-order valence-corrected chi connectivity index (χ0v) is 7.87. The topological polar surface area (TPSA) is 35.3 Å². The first-order valence-electron chi connectivity index (χ1n) is 4.68. The number of rotatable bonds is 7. The van der Waals surface area contributed by atoms with Gasteiger partial charge in [-0.1, -0.05) is 18.0 Å². The summed E-state index contributed by atoms with van der Waals surface area (Å²) in [7, 11) is 3.32. The molecule has 0 unspecified atom stereocenters. The van der Waals surface area contributed by atoms with Crippen molar-refractivity contribution in [3.05, 3.63) is 25.1 Å². The summed E-state index contributed by atoms with van der Waals surface area (Å²) in [6, 6.07) is 0. The third-order valence-corrected chi connectivity index (χ3v) is 1.99. The van der Waals surface area contributed by atoms with Gasteiger partial charge in [0.1, 0.15) is 6.26 Å². The highest BCUT2D eigenvalue weighted by atomic mass is 16.5. The first kappa shape index (κ1) is 10.3. The van der Waals surface area contributed by atoms with Crippen molar-refractivity contribution in [1.82, 2.24) is 5.16 Å². The average molecular weight is 182 g/mol. The molecule has 0 amide bonds. The van der Waals surface area contributed by atoms with Gasteiger partial charge in [0.25, 0.3) is 0 Å². The highest BCUT2D eigenvalue weighted by molar-refractivity contribution is 4.99. The Balaban J connectivity index is 1.90. The van der Waals surface area contributed by atoms with Crippen LogP contribution in [-0.4, -0.2) is 11.8 Å². The Labute approximate surface area is 79.1 Å². The van der Waals surface area contributed by atoms with Gasteiger partial charge in [0, 0.05) is 12.2 Å². The highest BCUT2D eigenvalue weighted by Crippen LogP contribution is 2.06. The van der Waals surface area contributed by atoms with Crippen molar-refractivity contribution in [2.24, 2.45) is 0 Å². The Morgan fingerprint density at radius 1 is 1.31 bits per heavy atom. The average Bonchev–Trinajstić information content (AvgIpc) is 2.63. The standard InChI is InChI=1S/C10H16NO2/c1-12-7-5-3-2-4-6-10-8-11-13-9-10/h8-9H,1-7H2. The van der Waals surface area contributed by atoms with Crippen LogP contribution in [0.3, 0.4) is 0 Å². The lowest BCUT2D eigenvalue weighted by molar-refractivity contribution is 0.233. The van der Waals surface area contributed by atoms with Gasteiger partial charge in [-0.25, -0.2) is 0 Å². The number of aromatic nitrogens is 1. The van der Waals surface area contributed by atoms with Crippen molar-refractivity contribution in [2.75, 3.05) is 6.61 Å². The van der Waals surface area contributed by atoms with Crippen LogP contribution in [0.4, 0.5) is 0 Å². The van der Waals surface area contributed by atoms with E-state index in [1.807, 2.05) is 0 Å². The second kappa shape index (κ2) is 6.66. The van der Waals surface area contributed by atoms with Crippen LogP contribution in [0.25, 0.3) is 0 Å². The third-order valence-electron chi connectivity index (χ3n) is 1.99. The van der Waals surface area contributed by atoms with Gasteiger partial charge in [-0.05, 0) is 19.3 Å². The molecular weight excluding hydrogens is 166 g/mol. The van der Waals surface area contributed by atoms with Crippen molar-refractivity contribution < 1.29 is 9.26 Å². The fraction of sp³-hybridized carbons (Fsp3) is 0.600. The summed E-state index contributed by atoms with van der Waals surface area (Å²) in [5, 5.41) is 3.65. The molecule has 73 valence electrons. The van der Waals surface area contributed by atoms with E-state index >= 15 is 0 Å². The third kappa shape index (κ3) is 4.68. The van der Waals surface area contributed by atoms with E-state index in [0.717, 1.165) is 19.4 Å². The maximum Gasteiger partial charge on any atom is 0.126 e. The van der Waals surface area contributed by atoms with Gasteiger partial charge in [0.2, 0.25) is 0 Å². The molecule has 1 radical (unpaired) electrons. The predicted molar refractivity (Wildman–Crippen MR) is 50.0 cm³/mol. The van der Waals surface area contributed by atoms with Crippen LogP contribution in [0, 0.1) is 7.11 Å². The van der Waals surface area contributed by atoms with E-state index in [1.165, 1.54) is 24.8 Å². The van der Waals surface area contributed by atoms with Crippen molar-refractivity contribution in [2.45, 2.75) is 32.1 Å². The number of hydrogen-bond donors (Lipinski definition) is 0. The molecule has 0 N–H and O–H groups in total. The van der Waals surface area contributed by atoms with Gasteiger partial charge in [-0.3, -0.25) is 0 Å². The summed E-state index contributed by atoms with van der Waals surface area (Å²) in [4.78, 5) is 0. The molecule has 0 aromatic carbocycles. The van der Waals surface area contributed by atoms with E-state index in [9.17, 15) is 0 Å². The zero-order chi connectivity index (χ0) is 9.36. The van der Waals surface area contributed by atoms with E-state index in [1.54, 1.807) is 12.5 Å². The van der Waals surface area contributed by atoms with Gasteiger partial charge >= 0.3 is 0 Å². The molecule has 1 aromatic rings. The Kier molecular flexibility index (Phi) is 5.25. The normalized spacial score (nSPS) is 10.5. The van der Waals surface area contributed by atoms with Crippen LogP contribution >= 0.6 is 0 Å². The van der Waals surface area contributed by atoms with Gasteiger partial charge in [0.15, 0.2) is 0 Å². The fourth-order valence-corrected chi connectivity index (χ4v) is 1.24.